The minimum Gasteiger partial charge on any atom is -0.486 e. The normalized spacial score (nSPS) is 17.7. The summed E-state index contributed by atoms with van der Waals surface area (Å²) < 4.78 is 11.8. The molecular formula is C25H33IN4O3. The van der Waals surface area contributed by atoms with Crippen molar-refractivity contribution in [3.63, 3.8) is 0 Å². The third-order valence-corrected chi connectivity index (χ3v) is 5.67. The highest BCUT2D eigenvalue weighted by molar-refractivity contribution is 14.0. The molecule has 7 nitrogen and oxygen atoms in total. The number of amides is 1. The third kappa shape index (κ3) is 6.99. The van der Waals surface area contributed by atoms with Crippen LogP contribution in [0.25, 0.3) is 0 Å². The number of benzene rings is 2. The summed E-state index contributed by atoms with van der Waals surface area (Å²) in [4.78, 5) is 19.3. The van der Waals surface area contributed by atoms with Gasteiger partial charge in [-0.25, -0.2) is 4.99 Å². The zero-order valence-corrected chi connectivity index (χ0v) is 21.4. The average Bonchev–Trinajstić information content (AvgIpc) is 2.86. The molecule has 0 spiro atoms. The van der Waals surface area contributed by atoms with E-state index in [2.05, 4.69) is 15.6 Å². The highest BCUT2D eigenvalue weighted by Gasteiger charge is 2.21. The maximum atomic E-state index is 12.6. The molecule has 8 heteroatoms. The Balaban J connectivity index is 0.00000306. The van der Waals surface area contributed by atoms with Gasteiger partial charge in [0.15, 0.2) is 17.5 Å². The SMILES string of the molecule is CCNC(=NCc1ccc(C(=O)N2CCCCC2)cc1)NCC1COc2ccccc2O1.I. The number of carbonyl (C=O) groups is 1. The molecule has 4 rings (SSSR count). The van der Waals surface area contributed by atoms with Crippen LogP contribution in [0.15, 0.2) is 53.5 Å². The van der Waals surface area contributed by atoms with Crippen LogP contribution in [0.5, 0.6) is 11.5 Å². The predicted octanol–water partition coefficient (Wildman–Crippen LogP) is 3.83. The van der Waals surface area contributed by atoms with E-state index in [0.717, 1.165) is 61.1 Å². The van der Waals surface area contributed by atoms with Gasteiger partial charge in [0.25, 0.3) is 5.91 Å². The molecule has 2 N–H and O–H groups in total. The van der Waals surface area contributed by atoms with Crippen LogP contribution in [0.3, 0.4) is 0 Å². The second-order valence-electron chi connectivity index (χ2n) is 8.12. The number of fused-ring (bicyclic) bond motifs is 1. The number of hydrogen-bond donors (Lipinski definition) is 2. The second kappa shape index (κ2) is 12.7. The molecule has 2 aliphatic heterocycles. The number of halogens is 1. The molecule has 0 aromatic heterocycles. The first-order valence-electron chi connectivity index (χ1n) is 11.5. The first-order chi connectivity index (χ1) is 15.7. The van der Waals surface area contributed by atoms with Gasteiger partial charge in [-0.05, 0) is 56.0 Å². The molecule has 1 saturated heterocycles. The van der Waals surface area contributed by atoms with Crippen LogP contribution in [-0.2, 0) is 6.54 Å². The molecule has 2 aliphatic rings. The third-order valence-electron chi connectivity index (χ3n) is 5.67. The lowest BCUT2D eigenvalue weighted by Gasteiger charge is -2.27. The summed E-state index contributed by atoms with van der Waals surface area (Å²) in [5, 5.41) is 6.60. The molecule has 2 heterocycles. The number of nitrogens with zero attached hydrogens (tertiary/aromatic N) is 2. The zero-order valence-electron chi connectivity index (χ0n) is 19.1. The van der Waals surface area contributed by atoms with Crippen LogP contribution in [0.1, 0.15) is 42.1 Å². The fraction of sp³-hybridized carbons (Fsp3) is 0.440. The summed E-state index contributed by atoms with van der Waals surface area (Å²) in [6, 6.07) is 15.5. The summed E-state index contributed by atoms with van der Waals surface area (Å²) >= 11 is 0. The van der Waals surface area contributed by atoms with Gasteiger partial charge in [-0.3, -0.25) is 4.79 Å². The van der Waals surface area contributed by atoms with Gasteiger partial charge in [0, 0.05) is 25.2 Å². The largest absolute Gasteiger partial charge is 0.486 e. The fourth-order valence-corrected chi connectivity index (χ4v) is 3.92. The minimum absolute atomic E-state index is 0. The topological polar surface area (TPSA) is 75.2 Å². The van der Waals surface area contributed by atoms with E-state index in [-0.39, 0.29) is 36.0 Å². The van der Waals surface area contributed by atoms with Crippen molar-refractivity contribution in [3.8, 4) is 11.5 Å². The van der Waals surface area contributed by atoms with E-state index in [4.69, 9.17) is 9.47 Å². The Bertz CT molecular complexity index is 930. The summed E-state index contributed by atoms with van der Waals surface area (Å²) in [5.41, 5.74) is 1.81. The Morgan fingerprint density at radius 2 is 1.76 bits per heavy atom. The predicted molar refractivity (Wildman–Crippen MR) is 141 cm³/mol. The molecule has 0 aliphatic carbocycles. The van der Waals surface area contributed by atoms with Crippen molar-refractivity contribution in [2.45, 2.75) is 38.8 Å². The number of ether oxygens (including phenoxy) is 2. The highest BCUT2D eigenvalue weighted by Crippen LogP contribution is 2.30. The smallest absolute Gasteiger partial charge is 0.253 e. The zero-order chi connectivity index (χ0) is 22.2. The Hall–Kier alpha value is -2.49. The quantitative estimate of drug-likeness (QED) is 0.317. The number of carbonyl (C=O) groups excluding carboxylic acids is 1. The number of guanidine groups is 1. The lowest BCUT2D eigenvalue weighted by Crippen LogP contribution is -2.45. The maximum Gasteiger partial charge on any atom is 0.253 e. The van der Waals surface area contributed by atoms with Crippen molar-refractivity contribution in [3.05, 3.63) is 59.7 Å². The number of aliphatic imine (C=N–C) groups is 1. The summed E-state index contributed by atoms with van der Waals surface area (Å²) in [5.74, 6) is 2.41. The van der Waals surface area contributed by atoms with Crippen LogP contribution in [-0.4, -0.2) is 55.7 Å². The number of nitrogens with one attached hydrogen (secondary N) is 2. The molecule has 0 radical (unpaired) electrons. The van der Waals surface area contributed by atoms with E-state index in [0.29, 0.717) is 19.7 Å². The van der Waals surface area contributed by atoms with Crippen molar-refractivity contribution in [1.82, 2.24) is 15.5 Å². The lowest BCUT2D eigenvalue weighted by atomic mass is 10.1. The van der Waals surface area contributed by atoms with E-state index in [9.17, 15) is 4.79 Å². The van der Waals surface area contributed by atoms with E-state index >= 15 is 0 Å². The van der Waals surface area contributed by atoms with Crippen LogP contribution in [0.2, 0.25) is 0 Å². The van der Waals surface area contributed by atoms with Gasteiger partial charge in [0.2, 0.25) is 0 Å². The van der Waals surface area contributed by atoms with Crippen molar-refractivity contribution in [2.24, 2.45) is 4.99 Å². The van der Waals surface area contributed by atoms with E-state index in [1.807, 2.05) is 60.4 Å². The van der Waals surface area contributed by atoms with E-state index in [1.54, 1.807) is 0 Å². The summed E-state index contributed by atoms with van der Waals surface area (Å²) in [7, 11) is 0. The molecule has 1 amide bonds. The number of para-hydroxylation sites is 2. The van der Waals surface area contributed by atoms with E-state index in [1.165, 1.54) is 6.42 Å². The molecule has 33 heavy (non-hydrogen) atoms. The van der Waals surface area contributed by atoms with Crippen molar-refractivity contribution >= 4 is 35.8 Å². The molecule has 0 saturated carbocycles. The molecule has 2 aromatic rings. The number of rotatable bonds is 6. The molecule has 0 bridgehead atoms. The lowest BCUT2D eigenvalue weighted by molar-refractivity contribution is 0.0724. The highest BCUT2D eigenvalue weighted by atomic mass is 127. The van der Waals surface area contributed by atoms with Gasteiger partial charge in [-0.2, -0.15) is 0 Å². The van der Waals surface area contributed by atoms with Gasteiger partial charge in [-0.1, -0.05) is 24.3 Å². The summed E-state index contributed by atoms with van der Waals surface area (Å²) in [6.07, 6.45) is 3.33. The number of likely N-dealkylation sites (tertiary alicyclic amines) is 1. The van der Waals surface area contributed by atoms with Gasteiger partial charge < -0.3 is 25.0 Å². The number of hydrogen-bond acceptors (Lipinski definition) is 4. The van der Waals surface area contributed by atoms with Crippen LogP contribution < -0.4 is 20.1 Å². The molecule has 1 unspecified atom stereocenters. The average molecular weight is 564 g/mol. The Morgan fingerprint density at radius 3 is 2.48 bits per heavy atom. The second-order valence-corrected chi connectivity index (χ2v) is 8.12. The first kappa shape index (κ1) is 25.1. The maximum absolute atomic E-state index is 12.6. The monoisotopic (exact) mass is 564 g/mol. The number of piperidine rings is 1. The molecule has 1 fully saturated rings. The Kier molecular flexibility index (Phi) is 9.65. The molecule has 2 aromatic carbocycles. The molecule has 178 valence electrons. The van der Waals surface area contributed by atoms with Crippen LogP contribution >= 0.6 is 24.0 Å². The molecule has 1 atom stereocenters. The van der Waals surface area contributed by atoms with Gasteiger partial charge in [0.1, 0.15) is 12.7 Å². The van der Waals surface area contributed by atoms with Gasteiger partial charge >= 0.3 is 0 Å². The van der Waals surface area contributed by atoms with Crippen molar-refractivity contribution in [1.29, 1.82) is 0 Å². The van der Waals surface area contributed by atoms with Crippen LogP contribution in [0, 0.1) is 0 Å². The summed E-state index contributed by atoms with van der Waals surface area (Å²) in [6.45, 7) is 6.14. The van der Waals surface area contributed by atoms with Gasteiger partial charge in [-0.15, -0.1) is 24.0 Å². The van der Waals surface area contributed by atoms with Crippen molar-refractivity contribution < 1.29 is 14.3 Å². The van der Waals surface area contributed by atoms with E-state index < -0.39 is 0 Å². The fourth-order valence-electron chi connectivity index (χ4n) is 3.92. The van der Waals surface area contributed by atoms with Crippen LogP contribution in [0.4, 0.5) is 0 Å². The Labute approximate surface area is 213 Å². The minimum atomic E-state index is -0.0890. The molecular weight excluding hydrogens is 531 g/mol. The standard InChI is InChI=1S/C25H32N4O3.HI/c1-2-26-25(28-17-21-18-31-22-8-4-5-9-23(22)32-21)27-16-19-10-12-20(13-11-19)24(30)29-14-6-3-7-15-29;/h4-5,8-13,21H,2-3,6-7,14-18H2,1H3,(H2,26,27,28);1H. The van der Waals surface area contributed by atoms with Gasteiger partial charge in [0.05, 0.1) is 13.1 Å². The Morgan fingerprint density at radius 1 is 1.03 bits per heavy atom. The first-order valence-corrected chi connectivity index (χ1v) is 11.5. The van der Waals surface area contributed by atoms with Crippen molar-refractivity contribution in [2.75, 3.05) is 32.8 Å².